The molecular weight excluding hydrogens is 661 g/mol. The number of rotatable bonds is 12. The third-order valence-electron chi connectivity index (χ3n) is 15.0. The summed E-state index contributed by atoms with van der Waals surface area (Å²) in [5, 5.41) is 0.591. The number of hydrogen-bond acceptors (Lipinski definition) is 3. The molecule has 3 saturated carbocycles. The molecule has 0 heterocycles. The summed E-state index contributed by atoms with van der Waals surface area (Å²) >= 11 is 0. The molecule has 0 spiro atoms. The molecule has 2 unspecified atom stereocenters. The smallest absolute Gasteiger partial charge is 0.192 e. The second-order valence-corrected chi connectivity index (χ2v) is 36.2. The van der Waals surface area contributed by atoms with Gasteiger partial charge in [0.05, 0.1) is 12.2 Å². The minimum Gasteiger partial charge on any atom is -0.414 e. The molecule has 0 radical (unpaired) electrons. The van der Waals surface area contributed by atoms with Crippen LogP contribution in [0.25, 0.3) is 0 Å². The van der Waals surface area contributed by atoms with Crippen molar-refractivity contribution in [3.63, 3.8) is 0 Å². The van der Waals surface area contributed by atoms with Crippen LogP contribution in [0.5, 0.6) is 0 Å². The van der Waals surface area contributed by atoms with E-state index in [2.05, 4.69) is 141 Å². The van der Waals surface area contributed by atoms with Crippen molar-refractivity contribution in [2.24, 2.45) is 23.2 Å². The van der Waals surface area contributed by atoms with Gasteiger partial charge in [-0.25, -0.2) is 0 Å². The first-order valence-electron chi connectivity index (χ1n) is 20.6. The Kier molecular flexibility index (Phi) is 14.0. The summed E-state index contributed by atoms with van der Waals surface area (Å²) in [4.78, 5) is 0. The molecule has 0 aromatic rings. The molecule has 0 amide bonds. The van der Waals surface area contributed by atoms with E-state index in [0.29, 0.717) is 11.5 Å². The van der Waals surface area contributed by atoms with Crippen LogP contribution in [0.4, 0.5) is 0 Å². The fourth-order valence-electron chi connectivity index (χ4n) is 8.57. The van der Waals surface area contributed by atoms with E-state index in [1.807, 2.05) is 0 Å². The molecular formula is C44H84O3Si3. The van der Waals surface area contributed by atoms with Crippen molar-refractivity contribution in [1.29, 1.82) is 0 Å². The van der Waals surface area contributed by atoms with Gasteiger partial charge in [-0.15, -0.1) is 0 Å². The van der Waals surface area contributed by atoms with Gasteiger partial charge >= 0.3 is 0 Å². The first kappa shape index (κ1) is 44.1. The fraction of sp³-hybridized carbons (Fsp3) is 0.864. The molecule has 50 heavy (non-hydrogen) atoms. The average Bonchev–Trinajstić information content (AvgIpc) is 3.29. The summed E-state index contributed by atoms with van der Waals surface area (Å²) in [6.07, 6.45) is 17.9. The van der Waals surface area contributed by atoms with Crippen molar-refractivity contribution in [2.75, 3.05) is 0 Å². The maximum atomic E-state index is 7.13. The van der Waals surface area contributed by atoms with Gasteiger partial charge in [-0.1, -0.05) is 119 Å². The number of allylic oxidation sites excluding steroid dienone is 3. The van der Waals surface area contributed by atoms with E-state index in [4.69, 9.17) is 13.3 Å². The van der Waals surface area contributed by atoms with Gasteiger partial charge in [0.15, 0.2) is 25.0 Å². The van der Waals surface area contributed by atoms with Gasteiger partial charge in [0.1, 0.15) is 0 Å². The van der Waals surface area contributed by atoms with Gasteiger partial charge in [0.25, 0.3) is 0 Å². The lowest BCUT2D eigenvalue weighted by molar-refractivity contribution is 0.0910. The Balaban J connectivity index is 1.77. The average molecular weight is 745 g/mol. The van der Waals surface area contributed by atoms with Crippen LogP contribution in [0.15, 0.2) is 35.5 Å². The summed E-state index contributed by atoms with van der Waals surface area (Å²) in [6, 6.07) is 0. The highest BCUT2D eigenvalue weighted by atomic mass is 28.4. The van der Waals surface area contributed by atoms with Crippen molar-refractivity contribution >= 4 is 25.0 Å². The highest BCUT2D eigenvalue weighted by Gasteiger charge is 2.51. The first-order chi connectivity index (χ1) is 22.5. The number of hydrogen-bond donors (Lipinski definition) is 0. The van der Waals surface area contributed by atoms with E-state index < -0.39 is 25.0 Å². The second kappa shape index (κ2) is 15.8. The molecule has 3 fully saturated rings. The van der Waals surface area contributed by atoms with Crippen molar-refractivity contribution in [2.45, 2.75) is 220 Å². The predicted octanol–water partition coefficient (Wildman–Crippen LogP) is 14.4. The highest BCUT2D eigenvalue weighted by molar-refractivity contribution is 6.75. The van der Waals surface area contributed by atoms with Crippen molar-refractivity contribution in [1.82, 2.24) is 0 Å². The SMILES string of the molecule is C=C1C(O[Si](C)(C)C(C)(C)C)CC(=C/C=C2\CCC[C@]3(C)[C@@H]([C@H](C)CCCC(C)O[Si](C)(C)C(C)(C)C)CC[C@@H]23)C[C@H]1O[Si](C)(C)C(C)(C)C. The zero-order chi connectivity index (χ0) is 38.3. The molecule has 7 atom stereocenters. The van der Waals surface area contributed by atoms with Gasteiger partial charge < -0.3 is 13.3 Å². The lowest BCUT2D eigenvalue weighted by Gasteiger charge is -2.46. The lowest BCUT2D eigenvalue weighted by Crippen LogP contribution is -2.49. The molecule has 0 N–H and O–H groups in total. The van der Waals surface area contributed by atoms with E-state index in [-0.39, 0.29) is 27.3 Å². The van der Waals surface area contributed by atoms with Gasteiger partial charge in [-0.3, -0.25) is 0 Å². The molecule has 3 rings (SSSR count). The highest BCUT2D eigenvalue weighted by Crippen LogP contribution is 2.60. The largest absolute Gasteiger partial charge is 0.414 e. The predicted molar refractivity (Wildman–Crippen MR) is 228 cm³/mol. The van der Waals surface area contributed by atoms with E-state index in [9.17, 15) is 0 Å². The standard InChI is InChI=1S/C44H84O3Si3/c1-32(22-20-23-33(2)45-48(14,15)41(4,5)6)37-27-28-38-36(24-21-29-44(37,38)13)26-25-35-30-39(46-49(16,17)42(7,8)9)34(3)40(31-35)47-50(18,19)43(10,11)12/h25-26,32-33,37-40H,3,20-24,27-31H2,1-2,4-19H3/b35-25?,36-26+/t32-,33?,37-,38+,39-,40?,44-/m1/s1. The van der Waals surface area contributed by atoms with Gasteiger partial charge in [-0.05, 0) is 141 Å². The Morgan fingerprint density at radius 1 is 0.760 bits per heavy atom. The molecule has 0 saturated heterocycles. The molecule has 0 bridgehead atoms. The van der Waals surface area contributed by atoms with E-state index in [1.165, 1.54) is 62.5 Å². The van der Waals surface area contributed by atoms with Crippen LogP contribution in [-0.4, -0.2) is 43.3 Å². The van der Waals surface area contributed by atoms with Crippen LogP contribution >= 0.6 is 0 Å². The van der Waals surface area contributed by atoms with Gasteiger partial charge in [-0.2, -0.15) is 0 Å². The summed E-state index contributed by atoms with van der Waals surface area (Å²) in [5.41, 5.74) is 4.80. The van der Waals surface area contributed by atoms with Crippen LogP contribution in [0, 0.1) is 23.2 Å². The third kappa shape index (κ3) is 10.3. The van der Waals surface area contributed by atoms with Crippen LogP contribution in [-0.2, 0) is 13.3 Å². The summed E-state index contributed by atoms with van der Waals surface area (Å²) in [6.45, 7) is 47.6. The molecule has 0 aliphatic heterocycles. The van der Waals surface area contributed by atoms with Gasteiger partial charge in [0.2, 0.25) is 0 Å². The Hall–Kier alpha value is -0.249. The first-order valence-corrected chi connectivity index (χ1v) is 29.4. The number of fused-ring (bicyclic) bond motifs is 1. The Labute approximate surface area is 315 Å². The Morgan fingerprint density at radius 2 is 1.26 bits per heavy atom. The second-order valence-electron chi connectivity index (χ2n) is 22.0. The van der Waals surface area contributed by atoms with Crippen molar-refractivity contribution in [3.05, 3.63) is 35.5 Å². The van der Waals surface area contributed by atoms with E-state index in [0.717, 1.165) is 30.6 Å². The Morgan fingerprint density at radius 3 is 1.74 bits per heavy atom. The summed E-state index contributed by atoms with van der Waals surface area (Å²) in [7, 11) is -5.66. The lowest BCUT2D eigenvalue weighted by atomic mass is 9.60. The topological polar surface area (TPSA) is 27.7 Å². The van der Waals surface area contributed by atoms with Crippen LogP contribution in [0.2, 0.25) is 54.4 Å². The zero-order valence-electron chi connectivity index (χ0n) is 36.6. The van der Waals surface area contributed by atoms with Crippen molar-refractivity contribution < 1.29 is 13.3 Å². The minimum absolute atomic E-state index is 0.0346. The maximum Gasteiger partial charge on any atom is 0.192 e. The minimum atomic E-state index is -1.98. The summed E-state index contributed by atoms with van der Waals surface area (Å²) < 4.78 is 21.0. The van der Waals surface area contributed by atoms with E-state index in [1.54, 1.807) is 5.57 Å². The van der Waals surface area contributed by atoms with Crippen LogP contribution in [0.3, 0.4) is 0 Å². The van der Waals surface area contributed by atoms with Crippen LogP contribution < -0.4 is 0 Å². The van der Waals surface area contributed by atoms with E-state index >= 15 is 0 Å². The quantitative estimate of drug-likeness (QED) is 0.147. The fourth-order valence-corrected chi connectivity index (χ4v) is 12.6. The monoisotopic (exact) mass is 745 g/mol. The van der Waals surface area contributed by atoms with Crippen molar-refractivity contribution in [3.8, 4) is 0 Å². The maximum absolute atomic E-state index is 7.13. The zero-order valence-corrected chi connectivity index (χ0v) is 39.6. The third-order valence-corrected chi connectivity index (χ3v) is 28.6. The molecule has 3 nitrogen and oxygen atoms in total. The molecule has 290 valence electrons. The molecule has 0 aromatic carbocycles. The van der Waals surface area contributed by atoms with Crippen LogP contribution in [0.1, 0.15) is 147 Å². The van der Waals surface area contributed by atoms with Gasteiger partial charge in [0, 0.05) is 6.10 Å². The molecule has 3 aliphatic rings. The Bertz CT molecular complexity index is 1180. The molecule has 6 heteroatoms. The molecule has 0 aromatic heterocycles. The summed E-state index contributed by atoms with van der Waals surface area (Å²) in [5.74, 6) is 2.32. The normalized spacial score (nSPS) is 30.6. The molecule has 3 aliphatic carbocycles.